The van der Waals surface area contributed by atoms with Crippen LogP contribution in [0, 0.1) is 5.82 Å². The highest BCUT2D eigenvalue weighted by atomic mass is 35.5. The lowest BCUT2D eigenvalue weighted by atomic mass is 9.92. The molecule has 0 atom stereocenters. The summed E-state index contributed by atoms with van der Waals surface area (Å²) in [6, 6.07) is 14.7. The minimum Gasteiger partial charge on any atom is -0.336 e. The average Bonchev–Trinajstić information content (AvgIpc) is 3.14. The topological polar surface area (TPSA) is 67.2 Å². The zero-order valence-electron chi connectivity index (χ0n) is 18.5. The Morgan fingerprint density at radius 2 is 1.72 bits per heavy atom. The summed E-state index contributed by atoms with van der Waals surface area (Å²) in [4.78, 5) is 26.5. The molecule has 168 valence electrons. The van der Waals surface area contributed by atoms with Crippen LogP contribution in [0.15, 0.2) is 54.6 Å². The van der Waals surface area contributed by atoms with Gasteiger partial charge in [0.05, 0.1) is 24.3 Å². The van der Waals surface area contributed by atoms with E-state index in [-0.39, 0.29) is 36.0 Å². The van der Waals surface area contributed by atoms with Crippen molar-refractivity contribution >= 4 is 29.2 Å². The Labute approximate surface area is 192 Å². The van der Waals surface area contributed by atoms with Crippen LogP contribution in [-0.2, 0) is 21.4 Å². The molecule has 0 aliphatic heterocycles. The SMILES string of the molecule is CN(CC(=O)Nc1cc(C(C)(C)C)nn1-c1ccc(Cl)cc1)C(=O)Cc1ccc(F)cc1. The summed E-state index contributed by atoms with van der Waals surface area (Å²) in [7, 11) is 1.56. The van der Waals surface area contributed by atoms with Gasteiger partial charge in [-0.3, -0.25) is 9.59 Å². The van der Waals surface area contributed by atoms with E-state index in [0.29, 0.717) is 16.4 Å². The number of rotatable bonds is 6. The van der Waals surface area contributed by atoms with Gasteiger partial charge in [0.2, 0.25) is 11.8 Å². The molecule has 0 aliphatic rings. The molecule has 1 heterocycles. The van der Waals surface area contributed by atoms with Crippen LogP contribution < -0.4 is 5.32 Å². The minimum atomic E-state index is -0.360. The summed E-state index contributed by atoms with van der Waals surface area (Å²) in [6.45, 7) is 5.98. The van der Waals surface area contributed by atoms with Gasteiger partial charge in [0.15, 0.2) is 0 Å². The average molecular weight is 457 g/mol. The Morgan fingerprint density at radius 3 is 2.31 bits per heavy atom. The predicted molar refractivity (Wildman–Crippen MR) is 124 cm³/mol. The van der Waals surface area contributed by atoms with Gasteiger partial charge in [0.25, 0.3) is 0 Å². The second kappa shape index (κ2) is 9.53. The van der Waals surface area contributed by atoms with Gasteiger partial charge in [0.1, 0.15) is 11.6 Å². The second-order valence-electron chi connectivity index (χ2n) is 8.65. The number of likely N-dealkylation sites (N-methyl/N-ethyl adjacent to an activating group) is 1. The van der Waals surface area contributed by atoms with Gasteiger partial charge in [-0.15, -0.1) is 0 Å². The number of halogens is 2. The molecule has 0 saturated carbocycles. The van der Waals surface area contributed by atoms with Crippen LogP contribution in [0.3, 0.4) is 0 Å². The van der Waals surface area contributed by atoms with Crippen molar-refractivity contribution in [1.29, 1.82) is 0 Å². The quantitative estimate of drug-likeness (QED) is 0.589. The van der Waals surface area contributed by atoms with Crippen molar-refractivity contribution in [2.45, 2.75) is 32.6 Å². The first kappa shape index (κ1) is 23.5. The van der Waals surface area contributed by atoms with Crippen molar-refractivity contribution in [3.05, 3.63) is 76.7 Å². The smallest absolute Gasteiger partial charge is 0.245 e. The molecule has 2 amide bonds. The Morgan fingerprint density at radius 1 is 1.09 bits per heavy atom. The van der Waals surface area contributed by atoms with E-state index in [9.17, 15) is 14.0 Å². The van der Waals surface area contributed by atoms with Crippen molar-refractivity contribution in [2.75, 3.05) is 18.9 Å². The molecule has 2 aromatic carbocycles. The highest BCUT2D eigenvalue weighted by molar-refractivity contribution is 6.30. The molecule has 1 aromatic heterocycles. The summed E-state index contributed by atoms with van der Waals surface area (Å²) in [5.41, 5.74) is 2.02. The third kappa shape index (κ3) is 5.95. The second-order valence-corrected chi connectivity index (χ2v) is 9.09. The molecule has 6 nitrogen and oxygen atoms in total. The number of carbonyl (C=O) groups is 2. The number of aromatic nitrogens is 2. The van der Waals surface area contributed by atoms with E-state index in [2.05, 4.69) is 10.4 Å². The maximum atomic E-state index is 13.1. The Kier molecular flexibility index (Phi) is 6.99. The third-order valence-corrected chi connectivity index (χ3v) is 5.14. The van der Waals surface area contributed by atoms with Crippen molar-refractivity contribution in [3.8, 4) is 5.69 Å². The zero-order valence-corrected chi connectivity index (χ0v) is 19.3. The predicted octanol–water partition coefficient (Wildman–Crippen LogP) is 4.60. The molecule has 0 radical (unpaired) electrons. The van der Waals surface area contributed by atoms with Gasteiger partial charge in [-0.25, -0.2) is 9.07 Å². The molecule has 0 bridgehead atoms. The molecule has 0 aliphatic carbocycles. The van der Waals surface area contributed by atoms with Crippen LogP contribution in [0.1, 0.15) is 32.0 Å². The van der Waals surface area contributed by atoms with Crippen LogP contribution in [-0.4, -0.2) is 40.1 Å². The van der Waals surface area contributed by atoms with Gasteiger partial charge in [-0.1, -0.05) is 44.5 Å². The lowest BCUT2D eigenvalue weighted by molar-refractivity contribution is -0.132. The molecule has 1 N–H and O–H groups in total. The van der Waals surface area contributed by atoms with Gasteiger partial charge in [0, 0.05) is 23.6 Å². The van der Waals surface area contributed by atoms with E-state index < -0.39 is 0 Å². The number of benzene rings is 2. The Hall–Kier alpha value is -3.19. The monoisotopic (exact) mass is 456 g/mol. The van der Waals surface area contributed by atoms with Gasteiger partial charge in [-0.05, 0) is 42.0 Å². The number of anilines is 1. The highest BCUT2D eigenvalue weighted by Crippen LogP contribution is 2.26. The summed E-state index contributed by atoms with van der Waals surface area (Å²) >= 11 is 6.00. The van der Waals surface area contributed by atoms with Crippen LogP contribution in [0.5, 0.6) is 0 Å². The Balaban J connectivity index is 1.73. The normalized spacial score (nSPS) is 11.3. The van der Waals surface area contributed by atoms with Gasteiger partial charge < -0.3 is 10.2 Å². The molecule has 0 unspecified atom stereocenters. The fourth-order valence-electron chi connectivity index (χ4n) is 3.01. The largest absolute Gasteiger partial charge is 0.336 e. The fourth-order valence-corrected chi connectivity index (χ4v) is 3.14. The lowest BCUT2D eigenvalue weighted by Crippen LogP contribution is -2.36. The molecule has 32 heavy (non-hydrogen) atoms. The van der Waals surface area contributed by atoms with Crippen molar-refractivity contribution in [3.63, 3.8) is 0 Å². The standard InChI is InChI=1S/C24H26ClFN4O2/c1-24(2,3)20-14-21(30(28-20)19-11-7-17(25)8-12-19)27-22(31)15-29(4)23(32)13-16-5-9-18(26)10-6-16/h5-12,14H,13,15H2,1-4H3,(H,27,31). The van der Waals surface area contributed by atoms with E-state index in [1.54, 1.807) is 36.0 Å². The molecule has 0 spiro atoms. The van der Waals surface area contributed by atoms with Crippen molar-refractivity contribution in [2.24, 2.45) is 0 Å². The molecule has 3 aromatic rings. The van der Waals surface area contributed by atoms with Crippen LogP contribution >= 0.6 is 11.6 Å². The first-order valence-electron chi connectivity index (χ1n) is 10.2. The lowest BCUT2D eigenvalue weighted by Gasteiger charge is -2.17. The van der Waals surface area contributed by atoms with E-state index in [0.717, 1.165) is 11.4 Å². The fraction of sp³-hybridized carbons (Fsp3) is 0.292. The first-order chi connectivity index (χ1) is 15.0. The van der Waals surface area contributed by atoms with Crippen LogP contribution in [0.4, 0.5) is 10.2 Å². The number of nitrogens with zero attached hydrogens (tertiary/aromatic N) is 3. The maximum Gasteiger partial charge on any atom is 0.245 e. The molecule has 0 fully saturated rings. The van der Waals surface area contributed by atoms with Crippen LogP contribution in [0.25, 0.3) is 5.69 Å². The van der Waals surface area contributed by atoms with E-state index in [4.69, 9.17) is 11.6 Å². The number of amides is 2. The number of nitrogens with one attached hydrogen (secondary N) is 1. The Bertz CT molecular complexity index is 1100. The van der Waals surface area contributed by atoms with Gasteiger partial charge in [-0.2, -0.15) is 5.10 Å². The third-order valence-electron chi connectivity index (χ3n) is 4.89. The van der Waals surface area contributed by atoms with Crippen LogP contribution in [0.2, 0.25) is 5.02 Å². The highest BCUT2D eigenvalue weighted by Gasteiger charge is 2.22. The van der Waals surface area contributed by atoms with E-state index in [1.807, 2.05) is 39.0 Å². The summed E-state index contributed by atoms with van der Waals surface area (Å²) < 4.78 is 14.7. The molecular weight excluding hydrogens is 431 g/mol. The molecule has 8 heteroatoms. The van der Waals surface area contributed by atoms with Crippen molar-refractivity contribution < 1.29 is 14.0 Å². The summed E-state index contributed by atoms with van der Waals surface area (Å²) in [5, 5.41) is 8.12. The molecule has 3 rings (SSSR count). The first-order valence-corrected chi connectivity index (χ1v) is 10.6. The maximum absolute atomic E-state index is 13.1. The number of hydrogen-bond acceptors (Lipinski definition) is 3. The van der Waals surface area contributed by atoms with E-state index >= 15 is 0 Å². The number of carbonyl (C=O) groups excluding carboxylic acids is 2. The van der Waals surface area contributed by atoms with E-state index in [1.165, 1.54) is 17.0 Å². The minimum absolute atomic E-state index is 0.0843. The van der Waals surface area contributed by atoms with Crippen molar-refractivity contribution in [1.82, 2.24) is 14.7 Å². The van der Waals surface area contributed by atoms with Gasteiger partial charge >= 0.3 is 0 Å². The zero-order chi connectivity index (χ0) is 23.5. The molecular formula is C24H26ClFN4O2. The molecule has 0 saturated heterocycles. The summed E-state index contributed by atoms with van der Waals surface area (Å²) in [5.74, 6) is -0.452. The summed E-state index contributed by atoms with van der Waals surface area (Å²) in [6.07, 6.45) is 0.0843. The number of hydrogen-bond donors (Lipinski definition) is 1.